The number of hydrogen-bond donors (Lipinski definition) is 0. The Balaban J connectivity index is 1.67. The van der Waals surface area contributed by atoms with Gasteiger partial charge in [0, 0.05) is 26.2 Å². The molecule has 22 heavy (non-hydrogen) atoms. The summed E-state index contributed by atoms with van der Waals surface area (Å²) in [5, 5.41) is 5.78. The summed E-state index contributed by atoms with van der Waals surface area (Å²) in [6.07, 6.45) is 10.1. The third-order valence-electron chi connectivity index (χ3n) is 5.09. The molecule has 0 aromatic carbocycles. The summed E-state index contributed by atoms with van der Waals surface area (Å²) in [4.78, 5) is 13.8. The molecule has 0 amide bonds. The fourth-order valence-electron chi connectivity index (χ4n) is 3.71. The lowest BCUT2D eigenvalue weighted by Crippen LogP contribution is -2.44. The second kappa shape index (κ2) is 5.83. The number of hydrogen-bond acceptors (Lipinski definition) is 5. The molecule has 0 N–H and O–H groups in total. The molecule has 1 aliphatic heterocycles. The van der Waals surface area contributed by atoms with E-state index in [1.807, 2.05) is 6.20 Å². The van der Waals surface area contributed by atoms with Crippen molar-refractivity contribution in [1.29, 1.82) is 0 Å². The van der Waals surface area contributed by atoms with Gasteiger partial charge in [-0.2, -0.15) is 5.10 Å². The molecule has 6 heteroatoms. The van der Waals surface area contributed by atoms with Gasteiger partial charge in [-0.15, -0.1) is 0 Å². The van der Waals surface area contributed by atoms with Crippen LogP contribution in [-0.4, -0.2) is 57.9 Å². The van der Waals surface area contributed by atoms with E-state index < -0.39 is 0 Å². The first-order valence-corrected chi connectivity index (χ1v) is 8.44. The van der Waals surface area contributed by atoms with Gasteiger partial charge in [0.1, 0.15) is 12.1 Å². The van der Waals surface area contributed by atoms with Crippen LogP contribution in [-0.2, 0) is 0 Å². The van der Waals surface area contributed by atoms with Crippen LogP contribution in [0.5, 0.6) is 0 Å². The van der Waals surface area contributed by atoms with Crippen molar-refractivity contribution in [2.45, 2.75) is 38.1 Å². The molecule has 3 heterocycles. The van der Waals surface area contributed by atoms with Gasteiger partial charge in [-0.1, -0.05) is 19.3 Å². The number of aromatic nitrogens is 4. The molecule has 2 aromatic rings. The lowest BCUT2D eigenvalue weighted by Gasteiger charge is -2.33. The molecule has 0 unspecified atom stereocenters. The monoisotopic (exact) mass is 300 g/mol. The predicted octanol–water partition coefficient (Wildman–Crippen LogP) is 2.08. The van der Waals surface area contributed by atoms with Crippen molar-refractivity contribution >= 4 is 16.9 Å². The van der Waals surface area contributed by atoms with E-state index in [1.54, 1.807) is 6.33 Å². The molecule has 1 saturated carbocycles. The Bertz CT molecular complexity index is 637. The minimum absolute atomic E-state index is 0.515. The Morgan fingerprint density at radius 2 is 1.77 bits per heavy atom. The molecule has 1 aliphatic carbocycles. The Labute approximate surface area is 131 Å². The Hall–Kier alpha value is -1.69. The highest BCUT2D eigenvalue weighted by molar-refractivity contribution is 5.86. The molecule has 0 bridgehead atoms. The molecule has 6 nitrogen and oxygen atoms in total. The quantitative estimate of drug-likeness (QED) is 0.850. The van der Waals surface area contributed by atoms with Crippen LogP contribution in [0.1, 0.15) is 38.1 Å². The summed E-state index contributed by atoms with van der Waals surface area (Å²) in [6.45, 7) is 4.22. The SMILES string of the molecule is CN1CCN(c2ncnc3c2cnn3C2CCCCC2)CC1. The van der Waals surface area contributed by atoms with Crippen molar-refractivity contribution in [3.05, 3.63) is 12.5 Å². The highest BCUT2D eigenvalue weighted by Gasteiger charge is 2.22. The maximum atomic E-state index is 4.67. The number of piperazine rings is 1. The number of fused-ring (bicyclic) bond motifs is 1. The molecule has 2 aromatic heterocycles. The van der Waals surface area contributed by atoms with Crippen molar-refractivity contribution in [2.24, 2.45) is 0 Å². The van der Waals surface area contributed by atoms with Crippen LogP contribution in [0.4, 0.5) is 5.82 Å². The van der Waals surface area contributed by atoms with Crippen LogP contribution in [0.25, 0.3) is 11.0 Å². The van der Waals surface area contributed by atoms with Gasteiger partial charge in [-0.3, -0.25) is 0 Å². The van der Waals surface area contributed by atoms with Crippen molar-refractivity contribution in [3.8, 4) is 0 Å². The molecule has 4 rings (SSSR count). The Morgan fingerprint density at radius 3 is 2.55 bits per heavy atom. The largest absolute Gasteiger partial charge is 0.353 e. The van der Waals surface area contributed by atoms with Gasteiger partial charge >= 0.3 is 0 Å². The fraction of sp³-hybridized carbons (Fsp3) is 0.688. The normalized spacial score (nSPS) is 21.6. The van der Waals surface area contributed by atoms with Crippen molar-refractivity contribution in [2.75, 3.05) is 38.1 Å². The molecule has 2 aliphatic rings. The average molecular weight is 300 g/mol. The molecule has 0 atom stereocenters. The predicted molar refractivity (Wildman–Crippen MR) is 87.2 cm³/mol. The minimum atomic E-state index is 0.515. The molecular formula is C16H24N6. The van der Waals surface area contributed by atoms with Crippen LogP contribution in [0.2, 0.25) is 0 Å². The van der Waals surface area contributed by atoms with E-state index in [0.29, 0.717) is 6.04 Å². The number of nitrogens with zero attached hydrogens (tertiary/aromatic N) is 6. The summed E-state index contributed by atoms with van der Waals surface area (Å²) < 4.78 is 2.15. The summed E-state index contributed by atoms with van der Waals surface area (Å²) >= 11 is 0. The molecular weight excluding hydrogens is 276 g/mol. The van der Waals surface area contributed by atoms with Gasteiger partial charge in [0.2, 0.25) is 0 Å². The van der Waals surface area contributed by atoms with Crippen LogP contribution in [0, 0.1) is 0 Å². The lowest BCUT2D eigenvalue weighted by molar-refractivity contribution is 0.312. The molecule has 0 radical (unpaired) electrons. The van der Waals surface area contributed by atoms with Crippen molar-refractivity contribution in [3.63, 3.8) is 0 Å². The first-order chi connectivity index (χ1) is 10.8. The van der Waals surface area contributed by atoms with Gasteiger partial charge in [-0.25, -0.2) is 14.6 Å². The first kappa shape index (κ1) is 13.9. The molecule has 118 valence electrons. The maximum Gasteiger partial charge on any atom is 0.163 e. The van der Waals surface area contributed by atoms with Gasteiger partial charge in [-0.05, 0) is 19.9 Å². The highest BCUT2D eigenvalue weighted by Crippen LogP contribution is 2.31. The van der Waals surface area contributed by atoms with E-state index in [0.717, 1.165) is 43.0 Å². The Morgan fingerprint density at radius 1 is 1.00 bits per heavy atom. The molecule has 0 spiro atoms. The fourth-order valence-corrected chi connectivity index (χ4v) is 3.71. The third kappa shape index (κ3) is 2.45. The summed E-state index contributed by atoms with van der Waals surface area (Å²) in [5.41, 5.74) is 1.01. The van der Waals surface area contributed by atoms with Crippen molar-refractivity contribution in [1.82, 2.24) is 24.6 Å². The average Bonchev–Trinajstić information content (AvgIpc) is 3.00. The van der Waals surface area contributed by atoms with E-state index in [2.05, 4.69) is 36.6 Å². The zero-order valence-corrected chi connectivity index (χ0v) is 13.3. The summed E-state index contributed by atoms with van der Waals surface area (Å²) in [7, 11) is 2.17. The zero-order valence-electron chi connectivity index (χ0n) is 13.3. The second-order valence-corrected chi connectivity index (χ2v) is 6.61. The van der Waals surface area contributed by atoms with Crippen molar-refractivity contribution < 1.29 is 0 Å². The second-order valence-electron chi connectivity index (χ2n) is 6.61. The van der Waals surface area contributed by atoms with E-state index >= 15 is 0 Å². The molecule has 1 saturated heterocycles. The minimum Gasteiger partial charge on any atom is -0.353 e. The first-order valence-electron chi connectivity index (χ1n) is 8.44. The van der Waals surface area contributed by atoms with E-state index in [-0.39, 0.29) is 0 Å². The lowest BCUT2D eigenvalue weighted by atomic mass is 9.96. The van der Waals surface area contributed by atoms with Gasteiger partial charge in [0.15, 0.2) is 5.65 Å². The summed E-state index contributed by atoms with van der Waals surface area (Å²) in [5.74, 6) is 1.06. The Kier molecular flexibility index (Phi) is 3.70. The highest BCUT2D eigenvalue weighted by atomic mass is 15.3. The van der Waals surface area contributed by atoms with E-state index in [1.165, 1.54) is 32.1 Å². The van der Waals surface area contributed by atoms with E-state index in [9.17, 15) is 0 Å². The standard InChI is InChI=1S/C16H24N6/c1-20-7-9-21(10-8-20)15-14-11-19-22(16(14)18-12-17-15)13-5-3-2-4-6-13/h11-13H,2-10H2,1H3. The van der Waals surface area contributed by atoms with Gasteiger partial charge in [0.05, 0.1) is 17.6 Å². The van der Waals surface area contributed by atoms with E-state index in [4.69, 9.17) is 0 Å². The van der Waals surface area contributed by atoms with Crippen LogP contribution in [0.15, 0.2) is 12.5 Å². The third-order valence-corrected chi connectivity index (χ3v) is 5.09. The topological polar surface area (TPSA) is 50.1 Å². The number of rotatable bonds is 2. The van der Waals surface area contributed by atoms with Crippen LogP contribution < -0.4 is 4.90 Å². The smallest absolute Gasteiger partial charge is 0.163 e. The van der Waals surface area contributed by atoms with Crippen LogP contribution in [0.3, 0.4) is 0 Å². The van der Waals surface area contributed by atoms with Gasteiger partial charge in [0.25, 0.3) is 0 Å². The maximum absolute atomic E-state index is 4.67. The van der Waals surface area contributed by atoms with Crippen LogP contribution >= 0.6 is 0 Å². The number of likely N-dealkylation sites (N-methyl/N-ethyl adjacent to an activating group) is 1. The number of anilines is 1. The zero-order chi connectivity index (χ0) is 14.9. The molecule has 2 fully saturated rings. The van der Waals surface area contributed by atoms with Gasteiger partial charge < -0.3 is 9.80 Å². The summed E-state index contributed by atoms with van der Waals surface area (Å²) in [6, 6.07) is 0.515.